The predicted octanol–water partition coefficient (Wildman–Crippen LogP) is 2.55. The lowest BCUT2D eigenvalue weighted by atomic mass is 10.1. The molecule has 21 heavy (non-hydrogen) atoms. The summed E-state index contributed by atoms with van der Waals surface area (Å²) in [7, 11) is 1.15. The number of carbonyl (C=O) groups excluding carboxylic acids is 2. The van der Waals surface area contributed by atoms with Crippen molar-refractivity contribution in [2.24, 2.45) is 0 Å². The molecule has 1 N–H and O–H groups in total. The molecule has 1 rings (SSSR count). The van der Waals surface area contributed by atoms with Crippen LogP contribution in [0.25, 0.3) is 0 Å². The predicted molar refractivity (Wildman–Crippen MR) is 69.5 cm³/mol. The number of rotatable bonds is 5. The van der Waals surface area contributed by atoms with Gasteiger partial charge in [0.15, 0.2) is 0 Å². The molecule has 7 heteroatoms. The van der Waals surface area contributed by atoms with Gasteiger partial charge in [-0.1, -0.05) is 12.1 Å². The van der Waals surface area contributed by atoms with Crippen LogP contribution in [-0.4, -0.2) is 25.0 Å². The van der Waals surface area contributed by atoms with E-state index >= 15 is 0 Å². The average molecular weight is 301 g/mol. The quantitative estimate of drug-likeness (QED) is 0.671. The van der Waals surface area contributed by atoms with E-state index in [9.17, 15) is 22.8 Å². The van der Waals surface area contributed by atoms with Crippen molar-refractivity contribution in [1.29, 1.82) is 0 Å². The van der Waals surface area contributed by atoms with Crippen LogP contribution in [0.3, 0.4) is 0 Å². The normalized spacial score (nSPS) is 12.4. The Morgan fingerprint density at radius 3 is 2.62 bits per heavy atom. The Balaban J connectivity index is 2.92. The minimum absolute atomic E-state index is 0.109. The fourth-order valence-electron chi connectivity index (χ4n) is 1.60. The molecule has 114 valence electrons. The van der Waals surface area contributed by atoms with Crippen molar-refractivity contribution >= 4 is 11.9 Å². The molecule has 1 atom stereocenters. The Labute approximate surface area is 119 Å². The fourth-order valence-corrected chi connectivity index (χ4v) is 1.60. The van der Waals surface area contributed by atoms with Gasteiger partial charge in [0.25, 0.3) is 5.91 Å². The maximum Gasteiger partial charge on any atom is 0.416 e. The molecule has 1 aromatic carbocycles. The van der Waals surface area contributed by atoms with Crippen molar-refractivity contribution in [1.82, 2.24) is 5.32 Å². The van der Waals surface area contributed by atoms with E-state index in [-0.39, 0.29) is 12.0 Å². The molecule has 1 amide bonds. The number of amides is 1. The molecule has 0 bridgehead atoms. The second-order valence-corrected chi connectivity index (χ2v) is 4.15. The number of esters is 1. The molecule has 0 saturated heterocycles. The van der Waals surface area contributed by atoms with Gasteiger partial charge in [0.1, 0.15) is 6.04 Å². The van der Waals surface area contributed by atoms with Crippen LogP contribution in [0.2, 0.25) is 0 Å². The lowest BCUT2D eigenvalue weighted by Crippen LogP contribution is -2.41. The number of methoxy groups -OCH3 is 1. The number of ether oxygens (including phenoxy) is 1. The van der Waals surface area contributed by atoms with Gasteiger partial charge in [0, 0.05) is 5.56 Å². The third kappa shape index (κ3) is 4.62. The van der Waals surface area contributed by atoms with E-state index in [0.29, 0.717) is 0 Å². The molecule has 0 radical (unpaired) electrons. The van der Waals surface area contributed by atoms with Crippen molar-refractivity contribution in [3.8, 4) is 0 Å². The summed E-state index contributed by atoms with van der Waals surface area (Å²) in [6, 6.07) is 2.94. The highest BCUT2D eigenvalue weighted by Crippen LogP contribution is 2.29. The van der Waals surface area contributed by atoms with Crippen molar-refractivity contribution in [2.45, 2.75) is 18.6 Å². The van der Waals surface area contributed by atoms with E-state index in [4.69, 9.17) is 0 Å². The number of halogens is 3. The fraction of sp³-hybridized carbons (Fsp3) is 0.286. The van der Waals surface area contributed by atoms with Gasteiger partial charge in [-0.3, -0.25) is 4.79 Å². The van der Waals surface area contributed by atoms with Crippen LogP contribution in [0.4, 0.5) is 13.2 Å². The van der Waals surface area contributed by atoms with Crippen molar-refractivity contribution < 1.29 is 27.5 Å². The summed E-state index contributed by atoms with van der Waals surface area (Å²) in [5, 5.41) is 2.31. The summed E-state index contributed by atoms with van der Waals surface area (Å²) in [6.07, 6.45) is -3.04. The van der Waals surface area contributed by atoms with E-state index in [1.54, 1.807) is 0 Å². The van der Waals surface area contributed by atoms with Crippen LogP contribution >= 0.6 is 0 Å². The van der Waals surface area contributed by atoms with Gasteiger partial charge in [-0.05, 0) is 24.6 Å². The average Bonchev–Trinajstić information content (AvgIpc) is 2.45. The van der Waals surface area contributed by atoms with Crippen LogP contribution in [-0.2, 0) is 15.7 Å². The largest absolute Gasteiger partial charge is 0.467 e. The summed E-state index contributed by atoms with van der Waals surface area (Å²) < 4.78 is 42.2. The van der Waals surface area contributed by atoms with Gasteiger partial charge in [-0.15, -0.1) is 6.58 Å². The first-order chi connectivity index (χ1) is 9.79. The summed E-state index contributed by atoms with van der Waals surface area (Å²) in [4.78, 5) is 23.3. The number of hydrogen-bond acceptors (Lipinski definition) is 3. The Kier molecular flexibility index (Phi) is 5.52. The highest BCUT2D eigenvalue weighted by Gasteiger charge is 2.31. The monoisotopic (exact) mass is 301 g/mol. The summed E-state index contributed by atoms with van der Waals surface area (Å²) in [5.74, 6) is -1.49. The van der Waals surface area contributed by atoms with Crippen molar-refractivity contribution in [3.05, 3.63) is 48.0 Å². The molecule has 0 fully saturated rings. The Morgan fingerprint density at radius 2 is 2.10 bits per heavy atom. The maximum absolute atomic E-state index is 12.6. The molecule has 0 unspecified atom stereocenters. The lowest BCUT2D eigenvalue weighted by molar-refractivity contribution is -0.142. The summed E-state index contributed by atoms with van der Waals surface area (Å²) in [5.41, 5.74) is -1.13. The first kappa shape index (κ1) is 16.7. The first-order valence-corrected chi connectivity index (χ1v) is 5.96. The van der Waals surface area contributed by atoms with Gasteiger partial charge >= 0.3 is 12.1 Å². The van der Waals surface area contributed by atoms with Crippen LogP contribution in [0, 0.1) is 0 Å². The molecule has 0 saturated carbocycles. The van der Waals surface area contributed by atoms with E-state index in [1.807, 2.05) is 0 Å². The van der Waals surface area contributed by atoms with Gasteiger partial charge in [0.2, 0.25) is 0 Å². The van der Waals surface area contributed by atoms with Gasteiger partial charge < -0.3 is 10.1 Å². The second-order valence-electron chi connectivity index (χ2n) is 4.15. The highest BCUT2D eigenvalue weighted by molar-refractivity contribution is 5.97. The minimum atomic E-state index is -4.54. The van der Waals surface area contributed by atoms with E-state index in [0.717, 1.165) is 25.3 Å². The standard InChI is InChI=1S/C14H14F3NO3/c1-3-5-11(13(20)21-2)18-12(19)9-6-4-7-10(8-9)14(15,16)17/h3-4,6-8,11H,1,5H2,2H3,(H,18,19)/t11-/m0/s1. The lowest BCUT2D eigenvalue weighted by Gasteiger charge is -2.15. The molecule has 0 aliphatic carbocycles. The van der Waals surface area contributed by atoms with Gasteiger partial charge in [-0.2, -0.15) is 13.2 Å². The molecule has 0 aliphatic rings. The van der Waals surface area contributed by atoms with Crippen molar-refractivity contribution in [3.63, 3.8) is 0 Å². The topological polar surface area (TPSA) is 55.4 Å². The summed E-state index contributed by atoms with van der Waals surface area (Å²) in [6.45, 7) is 3.44. The summed E-state index contributed by atoms with van der Waals surface area (Å²) >= 11 is 0. The number of hydrogen-bond donors (Lipinski definition) is 1. The van der Waals surface area contributed by atoms with Gasteiger partial charge in [-0.25, -0.2) is 4.79 Å². The van der Waals surface area contributed by atoms with E-state index < -0.39 is 29.7 Å². The van der Waals surface area contributed by atoms with Gasteiger partial charge in [0.05, 0.1) is 12.7 Å². The van der Waals surface area contributed by atoms with Crippen LogP contribution in [0.5, 0.6) is 0 Å². The second kappa shape index (κ2) is 6.92. The molecule has 0 heterocycles. The third-order valence-electron chi connectivity index (χ3n) is 2.65. The number of alkyl halides is 3. The highest BCUT2D eigenvalue weighted by atomic mass is 19.4. The molecule has 0 aliphatic heterocycles. The van der Waals surface area contributed by atoms with Crippen LogP contribution in [0.1, 0.15) is 22.3 Å². The molecule has 4 nitrogen and oxygen atoms in total. The number of nitrogens with one attached hydrogen (secondary N) is 1. The zero-order chi connectivity index (χ0) is 16.0. The van der Waals surface area contributed by atoms with Crippen LogP contribution in [0.15, 0.2) is 36.9 Å². The first-order valence-electron chi connectivity index (χ1n) is 5.96. The van der Waals surface area contributed by atoms with E-state index in [2.05, 4.69) is 16.6 Å². The number of benzene rings is 1. The Hall–Kier alpha value is -2.31. The van der Waals surface area contributed by atoms with E-state index in [1.165, 1.54) is 12.1 Å². The third-order valence-corrected chi connectivity index (χ3v) is 2.65. The smallest absolute Gasteiger partial charge is 0.416 e. The zero-order valence-corrected chi connectivity index (χ0v) is 11.2. The molecular weight excluding hydrogens is 287 g/mol. The molecule has 0 spiro atoms. The maximum atomic E-state index is 12.6. The minimum Gasteiger partial charge on any atom is -0.467 e. The SMILES string of the molecule is C=CC[C@H](NC(=O)c1cccc(C(F)(F)F)c1)C(=O)OC. The Morgan fingerprint density at radius 1 is 1.43 bits per heavy atom. The zero-order valence-electron chi connectivity index (χ0n) is 11.2. The molecular formula is C14H14F3NO3. The Bertz CT molecular complexity index is 541. The van der Waals surface area contributed by atoms with Crippen molar-refractivity contribution in [2.75, 3.05) is 7.11 Å². The molecule has 0 aromatic heterocycles. The number of carbonyl (C=O) groups is 2. The molecule has 1 aromatic rings. The van der Waals surface area contributed by atoms with Crippen LogP contribution < -0.4 is 5.32 Å².